The fourth-order valence-corrected chi connectivity index (χ4v) is 11.3. The number of thiophene rings is 4. The third-order valence-corrected chi connectivity index (χ3v) is 13.8. The molecule has 7 heteroatoms. The molecule has 254 valence electrons. The number of rotatable bonds is 19. The van der Waals surface area contributed by atoms with Crippen LogP contribution in [0.3, 0.4) is 0 Å². The number of hydrogen-bond acceptors (Lipinski definition) is 7. The molecule has 0 unspecified atom stereocenters. The molecule has 0 aliphatic rings. The molecule has 2 aromatic carbocycles. The number of hydrogen-bond donors (Lipinski definition) is 0. The molecule has 0 atom stereocenters. The van der Waals surface area contributed by atoms with Gasteiger partial charge in [0.25, 0.3) is 0 Å². The summed E-state index contributed by atoms with van der Waals surface area (Å²) in [4.78, 5) is 19.2. The summed E-state index contributed by atoms with van der Waals surface area (Å²) in [5, 5.41) is 3.53. The first-order chi connectivity index (χ1) is 23.5. The Morgan fingerprint density at radius 3 is 1.83 bits per heavy atom. The molecular weight excluding hydrogens is 669 g/mol. The van der Waals surface area contributed by atoms with Gasteiger partial charge in [-0.05, 0) is 44.9 Å². The lowest BCUT2D eigenvalue weighted by atomic mass is 10.1. The molecule has 0 saturated carbocycles. The predicted molar refractivity (Wildman–Crippen MR) is 213 cm³/mol. The molecule has 0 amide bonds. The number of ether oxygens (including phenoxy) is 2. The second kappa shape index (κ2) is 16.8. The van der Waals surface area contributed by atoms with E-state index in [1.165, 1.54) is 109 Å². The maximum Gasteiger partial charge on any atom is 0.202 e. The van der Waals surface area contributed by atoms with Gasteiger partial charge < -0.3 is 9.47 Å². The number of unbranched alkanes of at least 4 members (excludes halogenated alkanes) is 10. The molecule has 0 radical (unpaired) electrons. The van der Waals surface area contributed by atoms with Crippen LogP contribution in [0.5, 0.6) is 11.5 Å². The zero-order valence-electron chi connectivity index (χ0n) is 28.9. The molecule has 0 spiro atoms. The number of carbonyl (C=O) groups is 1. The third kappa shape index (κ3) is 7.85. The summed E-state index contributed by atoms with van der Waals surface area (Å²) < 4.78 is 17.1. The van der Waals surface area contributed by atoms with Gasteiger partial charge in [-0.2, -0.15) is 0 Å². The van der Waals surface area contributed by atoms with Crippen LogP contribution >= 0.6 is 45.3 Å². The summed E-state index contributed by atoms with van der Waals surface area (Å²) in [5.74, 6) is 2.11. The van der Waals surface area contributed by atoms with E-state index in [4.69, 9.17) is 9.47 Å². The second-order valence-electron chi connectivity index (χ2n) is 12.9. The molecule has 0 saturated heterocycles. The topological polar surface area (TPSA) is 35.5 Å². The van der Waals surface area contributed by atoms with Gasteiger partial charge in [0.05, 0.1) is 37.1 Å². The highest BCUT2D eigenvalue weighted by molar-refractivity contribution is 7.31. The van der Waals surface area contributed by atoms with Crippen LogP contribution < -0.4 is 9.47 Å². The number of carbonyl (C=O) groups excluding carboxylic acids is 1. The standard InChI is InChI=1S/C41H48O3S4/c1-5-7-9-11-13-18-22-43-36-31-24-27(3)45-38(31)37(44-23-19-14-12-10-8-6-2)32-26-34(48-39(32)36)41-40-30(28(4)46-41)25-33(47-40)35(42)29-20-16-15-17-21-29/h15-17,20-21,24-26H,5-14,18-19,22-23H2,1-4H3. The molecule has 3 nitrogen and oxygen atoms in total. The zero-order valence-corrected chi connectivity index (χ0v) is 32.1. The smallest absolute Gasteiger partial charge is 0.202 e. The molecule has 0 bridgehead atoms. The van der Waals surface area contributed by atoms with Crippen LogP contribution in [0.15, 0.2) is 48.5 Å². The maximum absolute atomic E-state index is 13.4. The van der Waals surface area contributed by atoms with Crippen molar-refractivity contribution in [3.63, 3.8) is 0 Å². The summed E-state index contributed by atoms with van der Waals surface area (Å²) in [6.07, 6.45) is 14.9. The van der Waals surface area contributed by atoms with Crippen molar-refractivity contribution in [3.8, 4) is 21.3 Å². The molecule has 6 aromatic rings. The van der Waals surface area contributed by atoms with E-state index >= 15 is 0 Å². The zero-order chi connectivity index (χ0) is 33.5. The minimum absolute atomic E-state index is 0.0925. The van der Waals surface area contributed by atoms with Crippen molar-refractivity contribution in [2.75, 3.05) is 13.2 Å². The number of fused-ring (bicyclic) bond motifs is 3. The van der Waals surface area contributed by atoms with E-state index in [0.717, 1.165) is 53.4 Å². The van der Waals surface area contributed by atoms with Crippen LogP contribution in [-0.2, 0) is 0 Å². The van der Waals surface area contributed by atoms with E-state index in [9.17, 15) is 4.79 Å². The minimum atomic E-state index is 0.0925. The molecular formula is C41H48O3S4. The number of benzene rings is 2. The quantitative estimate of drug-likeness (QED) is 0.0618. The van der Waals surface area contributed by atoms with Gasteiger partial charge >= 0.3 is 0 Å². The summed E-state index contributed by atoms with van der Waals surface area (Å²) in [7, 11) is 0. The number of aryl methyl sites for hydroxylation is 2. The first kappa shape index (κ1) is 35.1. The Balaban J connectivity index is 1.36. The second-order valence-corrected chi connectivity index (χ2v) is 17.5. The van der Waals surface area contributed by atoms with Gasteiger partial charge in [-0.15, -0.1) is 45.3 Å². The van der Waals surface area contributed by atoms with Gasteiger partial charge in [0.2, 0.25) is 5.78 Å². The molecule has 4 aromatic heterocycles. The monoisotopic (exact) mass is 716 g/mol. The largest absolute Gasteiger partial charge is 0.491 e. The predicted octanol–water partition coefficient (Wildman–Crippen LogP) is 14.4. The first-order valence-electron chi connectivity index (χ1n) is 17.9. The van der Waals surface area contributed by atoms with Crippen LogP contribution in [0.4, 0.5) is 0 Å². The van der Waals surface area contributed by atoms with Gasteiger partial charge in [0.15, 0.2) is 0 Å². The fraction of sp³-hybridized carbons (Fsp3) is 0.439. The van der Waals surface area contributed by atoms with Gasteiger partial charge in [-0.25, -0.2) is 0 Å². The normalized spacial score (nSPS) is 11.8. The summed E-state index contributed by atoms with van der Waals surface area (Å²) in [6.45, 7) is 10.4. The van der Waals surface area contributed by atoms with Crippen molar-refractivity contribution in [2.24, 2.45) is 0 Å². The molecule has 0 fully saturated rings. The molecule has 0 aliphatic heterocycles. The van der Waals surface area contributed by atoms with E-state index in [-0.39, 0.29) is 5.78 Å². The van der Waals surface area contributed by atoms with Crippen molar-refractivity contribution in [1.29, 1.82) is 0 Å². The van der Waals surface area contributed by atoms with Crippen molar-refractivity contribution in [3.05, 3.63) is 68.7 Å². The third-order valence-electron chi connectivity index (χ3n) is 9.03. The van der Waals surface area contributed by atoms with Crippen LogP contribution in [0.2, 0.25) is 0 Å². The van der Waals surface area contributed by atoms with Crippen molar-refractivity contribution in [2.45, 2.75) is 105 Å². The van der Waals surface area contributed by atoms with Crippen LogP contribution in [0.25, 0.3) is 40.0 Å². The highest BCUT2D eigenvalue weighted by Gasteiger charge is 2.25. The molecule has 0 aliphatic carbocycles. The Labute approximate surface area is 301 Å². The van der Waals surface area contributed by atoms with Gasteiger partial charge in [-0.3, -0.25) is 4.79 Å². The average molecular weight is 717 g/mol. The van der Waals surface area contributed by atoms with Crippen molar-refractivity contribution >= 4 is 81.4 Å². The Hall–Kier alpha value is -2.71. The van der Waals surface area contributed by atoms with Gasteiger partial charge in [0, 0.05) is 36.4 Å². The van der Waals surface area contributed by atoms with Crippen LogP contribution in [-0.4, -0.2) is 19.0 Å². The maximum atomic E-state index is 13.4. The highest BCUT2D eigenvalue weighted by atomic mass is 32.1. The SMILES string of the molecule is CCCCCCCCOc1c2cc(-c3sc(C)c4cc(C(=O)c5ccccc5)sc34)sc2c(OCCCCCCCC)c2cc(C)sc12. The first-order valence-corrected chi connectivity index (χ1v) is 21.1. The summed E-state index contributed by atoms with van der Waals surface area (Å²) >= 11 is 7.09. The minimum Gasteiger partial charge on any atom is -0.491 e. The molecule has 6 rings (SSSR count). The van der Waals surface area contributed by atoms with E-state index in [0.29, 0.717) is 0 Å². The Bertz CT molecular complexity index is 1880. The van der Waals surface area contributed by atoms with Crippen molar-refractivity contribution in [1.82, 2.24) is 0 Å². The lowest BCUT2D eigenvalue weighted by Gasteiger charge is -2.14. The van der Waals surface area contributed by atoms with Crippen molar-refractivity contribution < 1.29 is 14.3 Å². The van der Waals surface area contributed by atoms with Crippen LogP contribution in [0, 0.1) is 13.8 Å². The van der Waals surface area contributed by atoms with E-state index in [2.05, 4.69) is 45.9 Å². The average Bonchev–Trinajstić information content (AvgIpc) is 3.88. The van der Waals surface area contributed by atoms with Gasteiger partial charge in [0.1, 0.15) is 11.5 Å². The highest BCUT2D eigenvalue weighted by Crippen LogP contribution is 2.53. The Morgan fingerprint density at radius 1 is 0.604 bits per heavy atom. The van der Waals surface area contributed by atoms with E-state index < -0.39 is 0 Å². The van der Waals surface area contributed by atoms with Crippen LogP contribution in [0.1, 0.15) is 116 Å². The summed E-state index contributed by atoms with van der Waals surface area (Å²) in [6, 6.07) is 16.4. The fourth-order valence-electron chi connectivity index (χ4n) is 6.42. The van der Waals surface area contributed by atoms with E-state index in [1.54, 1.807) is 11.3 Å². The lowest BCUT2D eigenvalue weighted by Crippen LogP contribution is -2.00. The molecule has 0 N–H and O–H groups in total. The molecule has 4 heterocycles. The Kier molecular flexibility index (Phi) is 12.3. The van der Waals surface area contributed by atoms with E-state index in [1.807, 2.05) is 64.3 Å². The Morgan fingerprint density at radius 2 is 1.19 bits per heavy atom. The van der Waals surface area contributed by atoms with Gasteiger partial charge in [-0.1, -0.05) is 108 Å². The number of ketones is 1. The lowest BCUT2D eigenvalue weighted by molar-refractivity contribution is 0.104. The summed E-state index contributed by atoms with van der Waals surface area (Å²) in [5.41, 5.74) is 0.737. The molecule has 48 heavy (non-hydrogen) atoms.